The number of nitrogens with one attached hydrogen (secondary N) is 2. The molecule has 0 bridgehead atoms. The molecule has 3 heterocycles. The van der Waals surface area contributed by atoms with Crippen molar-refractivity contribution in [1.82, 2.24) is 19.7 Å². The van der Waals surface area contributed by atoms with Crippen LogP contribution in [0.25, 0.3) is 11.3 Å². The summed E-state index contributed by atoms with van der Waals surface area (Å²) < 4.78 is 1.33. The van der Waals surface area contributed by atoms with E-state index in [1.807, 2.05) is 13.0 Å². The van der Waals surface area contributed by atoms with Crippen LogP contribution in [0.4, 0.5) is 17.5 Å². The van der Waals surface area contributed by atoms with Gasteiger partial charge in [-0.2, -0.15) is 10.4 Å². The molecule has 1 atom stereocenters. The monoisotopic (exact) mass is 419 g/mol. The third kappa shape index (κ3) is 3.78. The Labute approximate surface area is 178 Å². The Morgan fingerprint density at radius 1 is 1.42 bits per heavy atom. The maximum Gasteiger partial charge on any atom is 0.325 e. The van der Waals surface area contributed by atoms with E-state index in [1.54, 1.807) is 31.3 Å². The smallest absolute Gasteiger partial charge is 0.325 e. The third-order valence-corrected chi connectivity index (χ3v) is 5.29. The summed E-state index contributed by atoms with van der Waals surface area (Å²) in [5.74, 6) is -0.282. The number of carboxylic acid groups (broad SMARTS) is 1. The molecule has 0 saturated heterocycles. The average Bonchev–Trinajstić information content (AvgIpc) is 3.26. The number of anilines is 3. The fourth-order valence-corrected chi connectivity index (χ4v) is 3.65. The Hall–Kier alpha value is -3.97. The average molecular weight is 419 g/mol. The first kappa shape index (κ1) is 20.3. The van der Waals surface area contributed by atoms with E-state index < -0.39 is 11.4 Å². The summed E-state index contributed by atoms with van der Waals surface area (Å²) in [6.07, 6.45) is 1.58. The predicted molar refractivity (Wildman–Crippen MR) is 113 cm³/mol. The predicted octanol–water partition coefficient (Wildman–Crippen LogP) is 2.02. The summed E-state index contributed by atoms with van der Waals surface area (Å²) in [6.45, 7) is 3.90. The number of carboxylic acids is 1. The molecule has 2 aromatic heterocycles. The molecule has 31 heavy (non-hydrogen) atoms. The van der Waals surface area contributed by atoms with E-state index in [9.17, 15) is 15.2 Å². The Balaban J connectivity index is 1.71. The van der Waals surface area contributed by atoms with Crippen LogP contribution in [-0.4, -0.2) is 49.1 Å². The number of hydrogen-bond acceptors (Lipinski definition) is 8. The van der Waals surface area contributed by atoms with Crippen molar-refractivity contribution in [1.29, 1.82) is 5.26 Å². The zero-order chi connectivity index (χ0) is 22.2. The number of carbonyl (C=O) groups is 1. The van der Waals surface area contributed by atoms with Gasteiger partial charge in [-0.05, 0) is 30.7 Å². The minimum atomic E-state index is -1.01. The lowest BCUT2D eigenvalue weighted by atomic mass is 9.83. The second-order valence-electron chi connectivity index (χ2n) is 7.74. The third-order valence-electron chi connectivity index (χ3n) is 5.29. The first-order valence-electron chi connectivity index (χ1n) is 9.63. The van der Waals surface area contributed by atoms with Crippen LogP contribution in [0, 0.1) is 18.3 Å². The molecule has 0 unspecified atom stereocenters. The zero-order valence-corrected chi connectivity index (χ0v) is 17.0. The van der Waals surface area contributed by atoms with Crippen molar-refractivity contribution >= 4 is 23.4 Å². The van der Waals surface area contributed by atoms with Gasteiger partial charge in [0.2, 0.25) is 5.95 Å². The molecule has 0 aliphatic carbocycles. The molecule has 1 aromatic carbocycles. The van der Waals surface area contributed by atoms with Gasteiger partial charge in [0.25, 0.3) is 0 Å². The molecule has 1 aliphatic rings. The van der Waals surface area contributed by atoms with E-state index in [0.717, 1.165) is 16.8 Å². The van der Waals surface area contributed by atoms with E-state index in [0.29, 0.717) is 29.3 Å². The number of benzene rings is 1. The second-order valence-corrected chi connectivity index (χ2v) is 7.74. The highest BCUT2D eigenvalue weighted by atomic mass is 16.4. The summed E-state index contributed by atoms with van der Waals surface area (Å²) in [5.41, 5.74) is 3.56. The molecular weight excluding hydrogens is 398 g/mol. The molecular formula is C21H21N7O3. The normalized spacial score (nSPS) is 17.0. The fraction of sp³-hybridized carbons (Fsp3) is 0.286. The number of hydrogen-bond donors (Lipinski definition) is 4. The van der Waals surface area contributed by atoms with Crippen LogP contribution >= 0.6 is 0 Å². The number of nitriles is 1. The molecule has 10 nitrogen and oxygen atoms in total. The minimum absolute atomic E-state index is 0.0508. The molecule has 0 amide bonds. The van der Waals surface area contributed by atoms with Gasteiger partial charge in [0.1, 0.15) is 18.4 Å². The Morgan fingerprint density at radius 2 is 2.23 bits per heavy atom. The van der Waals surface area contributed by atoms with Gasteiger partial charge in [-0.3, -0.25) is 4.79 Å². The number of nitrogens with zero attached hydrogens (tertiary/aromatic N) is 5. The summed E-state index contributed by atoms with van der Waals surface area (Å²) >= 11 is 0. The minimum Gasteiger partial charge on any atom is -0.480 e. The molecule has 0 fully saturated rings. The molecule has 1 aliphatic heterocycles. The fourth-order valence-electron chi connectivity index (χ4n) is 3.65. The number of aliphatic carboxylic acids is 1. The van der Waals surface area contributed by atoms with E-state index in [1.165, 1.54) is 4.68 Å². The van der Waals surface area contributed by atoms with Gasteiger partial charge >= 0.3 is 5.97 Å². The molecule has 3 aromatic rings. The van der Waals surface area contributed by atoms with Crippen molar-refractivity contribution in [3.05, 3.63) is 47.3 Å². The Kier molecular flexibility index (Phi) is 5.04. The van der Waals surface area contributed by atoms with Gasteiger partial charge < -0.3 is 20.8 Å². The van der Waals surface area contributed by atoms with Gasteiger partial charge in [-0.1, -0.05) is 6.92 Å². The lowest BCUT2D eigenvalue weighted by Crippen LogP contribution is -2.28. The summed E-state index contributed by atoms with van der Waals surface area (Å²) in [5, 5.41) is 39.0. The summed E-state index contributed by atoms with van der Waals surface area (Å²) in [7, 11) is 0. The number of fused-ring (bicyclic) bond motifs is 1. The van der Waals surface area contributed by atoms with Gasteiger partial charge in [-0.25, -0.2) is 14.6 Å². The second kappa shape index (κ2) is 7.70. The molecule has 0 radical (unpaired) electrons. The van der Waals surface area contributed by atoms with E-state index in [4.69, 9.17) is 5.11 Å². The number of aliphatic hydroxyl groups excluding tert-OH is 1. The Bertz CT molecular complexity index is 1210. The largest absolute Gasteiger partial charge is 0.480 e. The van der Waals surface area contributed by atoms with Gasteiger partial charge in [0, 0.05) is 29.8 Å². The van der Waals surface area contributed by atoms with Crippen LogP contribution in [0.15, 0.2) is 30.5 Å². The lowest BCUT2D eigenvalue weighted by Gasteiger charge is -2.21. The van der Waals surface area contributed by atoms with Crippen molar-refractivity contribution in [2.24, 2.45) is 0 Å². The van der Waals surface area contributed by atoms with Gasteiger partial charge in [-0.15, -0.1) is 0 Å². The van der Waals surface area contributed by atoms with Crippen molar-refractivity contribution in [2.75, 3.05) is 23.8 Å². The highest BCUT2D eigenvalue weighted by molar-refractivity contribution is 5.76. The van der Waals surface area contributed by atoms with E-state index in [2.05, 4.69) is 31.8 Å². The summed E-state index contributed by atoms with van der Waals surface area (Å²) in [4.78, 5) is 19.8. The zero-order valence-electron chi connectivity index (χ0n) is 17.0. The van der Waals surface area contributed by atoms with E-state index in [-0.39, 0.29) is 19.1 Å². The topological polar surface area (TPSA) is 149 Å². The van der Waals surface area contributed by atoms with Crippen molar-refractivity contribution < 1.29 is 15.0 Å². The van der Waals surface area contributed by atoms with Crippen LogP contribution in [0.2, 0.25) is 0 Å². The van der Waals surface area contributed by atoms with Crippen LogP contribution < -0.4 is 10.6 Å². The number of rotatable bonds is 6. The first-order chi connectivity index (χ1) is 14.8. The maximum atomic E-state index is 11.1. The maximum absolute atomic E-state index is 11.1. The molecule has 158 valence electrons. The molecule has 0 spiro atoms. The van der Waals surface area contributed by atoms with Crippen LogP contribution in [0.3, 0.4) is 0 Å². The molecule has 10 heteroatoms. The number of aliphatic hydroxyl groups is 1. The van der Waals surface area contributed by atoms with Crippen LogP contribution in [0.5, 0.6) is 0 Å². The number of aryl methyl sites for hydroxylation is 1. The SMILES string of the molecule is Cc1cc(Nc2nccc(-c3cc(C#N)c4c(c3)[C@@](C)(CO)CN4)n2)n(CC(=O)O)n1. The first-order valence-corrected chi connectivity index (χ1v) is 9.63. The van der Waals surface area contributed by atoms with Gasteiger partial charge in [0.15, 0.2) is 0 Å². The van der Waals surface area contributed by atoms with Crippen molar-refractivity contribution in [2.45, 2.75) is 25.8 Å². The highest BCUT2D eigenvalue weighted by Crippen LogP contribution is 2.41. The lowest BCUT2D eigenvalue weighted by molar-refractivity contribution is -0.137. The van der Waals surface area contributed by atoms with Gasteiger partial charge in [0.05, 0.1) is 29.2 Å². The molecule has 4 N–H and O–H groups in total. The highest BCUT2D eigenvalue weighted by Gasteiger charge is 2.35. The summed E-state index contributed by atoms with van der Waals surface area (Å²) in [6, 6.07) is 9.33. The van der Waals surface area contributed by atoms with Crippen molar-refractivity contribution in [3.63, 3.8) is 0 Å². The molecule has 4 rings (SSSR count). The quantitative estimate of drug-likeness (QED) is 0.471. The molecule has 0 saturated carbocycles. The standard InChI is InChI=1S/C21H21N7O3/c1-12-5-17(28(27-12)9-18(30)31)26-20-23-4-3-16(25-20)13-6-14(8-22)19-15(7-13)21(2,11-29)10-24-19/h3-7,24,29H,9-11H2,1-2H3,(H,30,31)(H,23,25,26)/t21-/m1/s1. The van der Waals surface area contributed by atoms with Crippen LogP contribution in [-0.2, 0) is 16.8 Å². The Morgan fingerprint density at radius 3 is 2.94 bits per heavy atom. The van der Waals surface area contributed by atoms with Crippen molar-refractivity contribution in [3.8, 4) is 17.3 Å². The van der Waals surface area contributed by atoms with Crippen LogP contribution in [0.1, 0.15) is 23.7 Å². The number of aromatic nitrogens is 4. The van der Waals surface area contributed by atoms with E-state index >= 15 is 0 Å².